The molecule has 2 aromatic carbocycles. The van der Waals surface area contributed by atoms with E-state index in [1.54, 1.807) is 0 Å². The molecule has 0 unspecified atom stereocenters. The molecule has 102 valence electrons. The van der Waals surface area contributed by atoms with Gasteiger partial charge in [-0.15, -0.1) is 6.42 Å². The van der Waals surface area contributed by atoms with E-state index in [1.165, 1.54) is 11.1 Å². The number of hydrogen-bond donors (Lipinski definition) is 0. The van der Waals surface area contributed by atoms with Gasteiger partial charge >= 0.3 is 0 Å². The first-order chi connectivity index (χ1) is 9.88. The molecule has 0 saturated carbocycles. The first-order valence-electron chi connectivity index (χ1n) is 7.12. The van der Waals surface area contributed by atoms with Crippen molar-refractivity contribution < 1.29 is 0 Å². The summed E-state index contributed by atoms with van der Waals surface area (Å²) in [5.41, 5.74) is 2.74. The molecule has 0 aliphatic heterocycles. The van der Waals surface area contributed by atoms with Crippen LogP contribution in [0.5, 0.6) is 0 Å². The molecule has 2 aromatic rings. The quantitative estimate of drug-likeness (QED) is 0.692. The van der Waals surface area contributed by atoms with Gasteiger partial charge in [-0.05, 0) is 24.0 Å². The average molecular weight is 263 g/mol. The second-order valence-electron chi connectivity index (χ2n) is 4.95. The third kappa shape index (κ3) is 4.91. The van der Waals surface area contributed by atoms with Gasteiger partial charge in [0.1, 0.15) is 0 Å². The Morgan fingerprint density at radius 2 is 1.20 bits per heavy atom. The molecule has 0 aromatic heterocycles. The maximum Gasteiger partial charge on any atom is 0.0599 e. The number of benzene rings is 2. The van der Waals surface area contributed by atoms with E-state index in [-0.39, 0.29) is 0 Å². The largest absolute Gasteiger partial charge is 0.292 e. The molecular formula is C19H21N. The Labute approximate surface area is 122 Å². The molecule has 0 spiro atoms. The summed E-state index contributed by atoms with van der Waals surface area (Å²) in [5, 5.41) is 0. The van der Waals surface area contributed by atoms with E-state index < -0.39 is 0 Å². The van der Waals surface area contributed by atoms with E-state index in [2.05, 4.69) is 71.5 Å². The standard InChI is InChI=1S/C19H21N/c1-2-15-20(16-13-18-9-5-3-6-10-18)17-14-19-11-7-4-8-12-19/h1,3-12H,13-17H2. The zero-order chi connectivity index (χ0) is 14.0. The van der Waals surface area contributed by atoms with E-state index in [9.17, 15) is 0 Å². The van der Waals surface area contributed by atoms with Crippen LogP contribution < -0.4 is 0 Å². The molecule has 0 radical (unpaired) electrons. The molecule has 0 aliphatic rings. The molecule has 1 nitrogen and oxygen atoms in total. The molecule has 0 N–H and O–H groups in total. The van der Waals surface area contributed by atoms with Gasteiger partial charge in [0.05, 0.1) is 6.54 Å². The summed E-state index contributed by atoms with van der Waals surface area (Å²) >= 11 is 0. The van der Waals surface area contributed by atoms with Crippen LogP contribution in [0.15, 0.2) is 60.7 Å². The molecule has 0 atom stereocenters. The number of rotatable bonds is 7. The van der Waals surface area contributed by atoms with Crippen molar-refractivity contribution in [2.75, 3.05) is 19.6 Å². The predicted molar refractivity (Wildman–Crippen MR) is 85.6 cm³/mol. The van der Waals surface area contributed by atoms with Gasteiger partial charge in [0, 0.05) is 13.1 Å². The second kappa shape index (κ2) is 8.19. The minimum Gasteiger partial charge on any atom is -0.292 e. The lowest BCUT2D eigenvalue weighted by Gasteiger charge is -2.19. The summed E-state index contributed by atoms with van der Waals surface area (Å²) in [7, 11) is 0. The van der Waals surface area contributed by atoms with Crippen molar-refractivity contribution in [2.24, 2.45) is 0 Å². The fraction of sp³-hybridized carbons (Fsp3) is 0.263. The topological polar surface area (TPSA) is 3.24 Å². The first kappa shape index (κ1) is 14.4. The molecular weight excluding hydrogens is 242 g/mol. The van der Waals surface area contributed by atoms with Crippen LogP contribution in [0.4, 0.5) is 0 Å². The van der Waals surface area contributed by atoms with Gasteiger partial charge in [0.25, 0.3) is 0 Å². The maximum atomic E-state index is 5.48. The van der Waals surface area contributed by atoms with Crippen LogP contribution in [0, 0.1) is 12.3 Å². The zero-order valence-electron chi connectivity index (χ0n) is 11.8. The van der Waals surface area contributed by atoms with E-state index in [0.717, 1.165) is 32.5 Å². The van der Waals surface area contributed by atoms with E-state index in [4.69, 9.17) is 6.42 Å². The third-order valence-corrected chi connectivity index (χ3v) is 3.43. The fourth-order valence-corrected chi connectivity index (χ4v) is 2.26. The molecule has 0 bridgehead atoms. The molecule has 0 amide bonds. The summed E-state index contributed by atoms with van der Waals surface area (Å²) in [6.07, 6.45) is 7.58. The fourth-order valence-electron chi connectivity index (χ4n) is 2.26. The Kier molecular flexibility index (Phi) is 5.89. The summed E-state index contributed by atoms with van der Waals surface area (Å²) in [6, 6.07) is 21.1. The van der Waals surface area contributed by atoms with Gasteiger partial charge in [0.15, 0.2) is 0 Å². The third-order valence-electron chi connectivity index (χ3n) is 3.43. The van der Waals surface area contributed by atoms with Crippen molar-refractivity contribution in [3.05, 3.63) is 71.8 Å². The molecule has 0 saturated heterocycles. The van der Waals surface area contributed by atoms with Crippen molar-refractivity contribution in [1.82, 2.24) is 4.90 Å². The molecule has 1 heteroatoms. The Balaban J connectivity index is 1.83. The predicted octanol–water partition coefficient (Wildman–Crippen LogP) is 3.41. The van der Waals surface area contributed by atoms with Crippen molar-refractivity contribution in [3.8, 4) is 12.3 Å². The van der Waals surface area contributed by atoms with Gasteiger partial charge in [-0.25, -0.2) is 0 Å². The zero-order valence-corrected chi connectivity index (χ0v) is 11.8. The molecule has 0 aliphatic carbocycles. The molecule has 20 heavy (non-hydrogen) atoms. The lowest BCUT2D eigenvalue weighted by Crippen LogP contribution is -2.28. The SMILES string of the molecule is C#CCN(CCc1ccccc1)CCc1ccccc1. The summed E-state index contributed by atoms with van der Waals surface area (Å²) in [5.74, 6) is 2.77. The maximum absolute atomic E-state index is 5.48. The highest BCUT2D eigenvalue weighted by Crippen LogP contribution is 2.04. The number of hydrogen-bond acceptors (Lipinski definition) is 1. The van der Waals surface area contributed by atoms with Crippen LogP contribution in [0.2, 0.25) is 0 Å². The lowest BCUT2D eigenvalue weighted by atomic mass is 10.1. The van der Waals surface area contributed by atoms with Crippen LogP contribution in [0.3, 0.4) is 0 Å². The Morgan fingerprint density at radius 1 is 0.750 bits per heavy atom. The van der Waals surface area contributed by atoms with E-state index in [1.807, 2.05) is 0 Å². The lowest BCUT2D eigenvalue weighted by molar-refractivity contribution is 0.315. The Bertz CT molecular complexity index is 481. The van der Waals surface area contributed by atoms with Crippen LogP contribution in [0.25, 0.3) is 0 Å². The Morgan fingerprint density at radius 3 is 1.60 bits per heavy atom. The minimum atomic E-state index is 0.722. The smallest absolute Gasteiger partial charge is 0.0599 e. The highest BCUT2D eigenvalue weighted by Gasteiger charge is 2.04. The van der Waals surface area contributed by atoms with Crippen LogP contribution in [0.1, 0.15) is 11.1 Å². The summed E-state index contributed by atoms with van der Waals surface area (Å²) in [6.45, 7) is 2.75. The van der Waals surface area contributed by atoms with Crippen LogP contribution >= 0.6 is 0 Å². The van der Waals surface area contributed by atoms with Crippen molar-refractivity contribution in [3.63, 3.8) is 0 Å². The van der Waals surface area contributed by atoms with Gasteiger partial charge in [-0.3, -0.25) is 4.90 Å². The minimum absolute atomic E-state index is 0.722. The van der Waals surface area contributed by atoms with Gasteiger partial charge < -0.3 is 0 Å². The average Bonchev–Trinajstić information content (AvgIpc) is 2.52. The highest BCUT2D eigenvalue weighted by atomic mass is 15.1. The second-order valence-corrected chi connectivity index (χ2v) is 4.95. The summed E-state index contributed by atoms with van der Waals surface area (Å²) in [4.78, 5) is 2.35. The van der Waals surface area contributed by atoms with Crippen LogP contribution in [-0.4, -0.2) is 24.5 Å². The van der Waals surface area contributed by atoms with Gasteiger partial charge in [-0.2, -0.15) is 0 Å². The van der Waals surface area contributed by atoms with Crippen molar-refractivity contribution in [1.29, 1.82) is 0 Å². The summed E-state index contributed by atoms with van der Waals surface area (Å²) < 4.78 is 0. The van der Waals surface area contributed by atoms with Gasteiger partial charge in [0.2, 0.25) is 0 Å². The molecule has 2 rings (SSSR count). The van der Waals surface area contributed by atoms with Crippen molar-refractivity contribution >= 4 is 0 Å². The van der Waals surface area contributed by atoms with E-state index >= 15 is 0 Å². The van der Waals surface area contributed by atoms with Gasteiger partial charge in [-0.1, -0.05) is 66.6 Å². The Hall–Kier alpha value is -2.04. The monoisotopic (exact) mass is 263 g/mol. The van der Waals surface area contributed by atoms with Crippen LogP contribution in [-0.2, 0) is 12.8 Å². The normalized spacial score (nSPS) is 10.4. The first-order valence-corrected chi connectivity index (χ1v) is 7.12. The number of terminal acetylenes is 1. The molecule has 0 heterocycles. The molecule has 0 fully saturated rings. The van der Waals surface area contributed by atoms with Crippen molar-refractivity contribution in [2.45, 2.75) is 12.8 Å². The van der Waals surface area contributed by atoms with E-state index in [0.29, 0.717) is 0 Å². The highest BCUT2D eigenvalue weighted by molar-refractivity contribution is 5.16. The number of nitrogens with zero attached hydrogens (tertiary/aromatic N) is 1.